The normalized spacial score (nSPS) is 19.9. The van der Waals surface area contributed by atoms with Crippen LogP contribution in [0, 0.1) is 22.0 Å². The molecule has 2 aromatic rings. The number of benzene rings is 1. The molecule has 0 saturated carbocycles. The summed E-state index contributed by atoms with van der Waals surface area (Å²) >= 11 is 0. The predicted molar refractivity (Wildman–Crippen MR) is 89.2 cm³/mol. The molecule has 1 aliphatic heterocycles. The lowest BCUT2D eigenvalue weighted by Gasteiger charge is -2.19. The maximum absolute atomic E-state index is 13.2. The smallest absolute Gasteiger partial charge is 0.394 e. The Morgan fingerprint density at radius 2 is 1.85 bits per heavy atom. The van der Waals surface area contributed by atoms with Crippen molar-refractivity contribution in [3.05, 3.63) is 52.6 Å². The summed E-state index contributed by atoms with van der Waals surface area (Å²) in [5, 5.41) is 20.4. The molecule has 1 fully saturated rings. The summed E-state index contributed by atoms with van der Waals surface area (Å²) in [5.41, 5.74) is 0.166. The highest BCUT2D eigenvalue weighted by atomic mass is 19.4. The Labute approximate surface area is 151 Å². The SMILES string of the molecule is O=C(O)[C@@H]1CN(c2ccc([N+](=O)[O-])c(-c3ccccc3)n2)C[C@H]1C(F)(F)F. The molecule has 1 aliphatic rings. The van der Waals surface area contributed by atoms with Gasteiger partial charge in [0, 0.05) is 24.7 Å². The molecule has 2 heterocycles. The number of alkyl halides is 3. The van der Waals surface area contributed by atoms with Crippen molar-refractivity contribution >= 4 is 17.5 Å². The monoisotopic (exact) mass is 381 g/mol. The van der Waals surface area contributed by atoms with Crippen molar-refractivity contribution in [1.82, 2.24) is 4.98 Å². The topological polar surface area (TPSA) is 96.6 Å². The van der Waals surface area contributed by atoms with Gasteiger partial charge in [-0.3, -0.25) is 14.9 Å². The van der Waals surface area contributed by atoms with E-state index in [1.54, 1.807) is 30.3 Å². The van der Waals surface area contributed by atoms with Crippen LogP contribution >= 0.6 is 0 Å². The van der Waals surface area contributed by atoms with Gasteiger partial charge in [0.1, 0.15) is 5.82 Å². The van der Waals surface area contributed by atoms with Crippen LogP contribution in [0.2, 0.25) is 0 Å². The van der Waals surface area contributed by atoms with E-state index >= 15 is 0 Å². The molecule has 1 aromatic heterocycles. The van der Waals surface area contributed by atoms with E-state index in [1.165, 1.54) is 17.0 Å². The lowest BCUT2D eigenvalue weighted by molar-refractivity contribution is -0.384. The second-order valence-electron chi connectivity index (χ2n) is 6.16. The van der Waals surface area contributed by atoms with Crippen LogP contribution in [0.1, 0.15) is 0 Å². The summed E-state index contributed by atoms with van der Waals surface area (Å²) in [6, 6.07) is 10.6. The van der Waals surface area contributed by atoms with Gasteiger partial charge >= 0.3 is 12.1 Å². The van der Waals surface area contributed by atoms with Gasteiger partial charge in [-0.1, -0.05) is 30.3 Å². The van der Waals surface area contributed by atoms with E-state index in [4.69, 9.17) is 5.11 Å². The zero-order valence-electron chi connectivity index (χ0n) is 13.8. The van der Waals surface area contributed by atoms with E-state index in [9.17, 15) is 28.1 Å². The molecule has 1 aromatic carbocycles. The van der Waals surface area contributed by atoms with Gasteiger partial charge in [0.05, 0.1) is 16.8 Å². The van der Waals surface area contributed by atoms with Crippen molar-refractivity contribution in [2.45, 2.75) is 6.18 Å². The number of hydrogen-bond acceptors (Lipinski definition) is 5. The van der Waals surface area contributed by atoms with Crippen LogP contribution in [-0.2, 0) is 4.79 Å². The minimum atomic E-state index is -4.67. The highest BCUT2D eigenvalue weighted by Gasteiger charge is 2.53. The van der Waals surface area contributed by atoms with Crippen molar-refractivity contribution in [3.8, 4) is 11.3 Å². The van der Waals surface area contributed by atoms with Gasteiger partial charge in [0.2, 0.25) is 0 Å². The zero-order valence-corrected chi connectivity index (χ0v) is 13.8. The molecule has 1 saturated heterocycles. The summed E-state index contributed by atoms with van der Waals surface area (Å²) in [6.45, 7) is -0.946. The first kappa shape index (κ1) is 18.6. The van der Waals surface area contributed by atoms with Crippen LogP contribution in [0.15, 0.2) is 42.5 Å². The Balaban J connectivity index is 2.01. The number of carboxylic acids is 1. The number of pyridine rings is 1. The quantitative estimate of drug-likeness (QED) is 0.644. The summed E-state index contributed by atoms with van der Waals surface area (Å²) < 4.78 is 39.5. The Hall–Kier alpha value is -3.17. The second kappa shape index (κ2) is 6.86. The van der Waals surface area contributed by atoms with Crippen molar-refractivity contribution < 1.29 is 28.0 Å². The standard InChI is InChI=1S/C17H14F3N3O4/c18-17(19,20)12-9-22(8-11(12)16(24)25)14-7-6-13(23(26)27)15(21-14)10-4-2-1-3-5-10/h1-7,11-12H,8-9H2,(H,24,25)/t11-,12-/m1/s1. The molecular formula is C17H14F3N3O4. The third-order valence-electron chi connectivity index (χ3n) is 4.48. The van der Waals surface area contributed by atoms with Gasteiger partial charge in [-0.25, -0.2) is 4.98 Å². The van der Waals surface area contributed by atoms with Gasteiger partial charge in [-0.05, 0) is 6.07 Å². The van der Waals surface area contributed by atoms with Gasteiger partial charge in [-0.2, -0.15) is 13.2 Å². The molecule has 27 heavy (non-hydrogen) atoms. The third-order valence-corrected chi connectivity index (χ3v) is 4.48. The summed E-state index contributed by atoms with van der Waals surface area (Å²) in [6.07, 6.45) is -4.67. The maximum atomic E-state index is 13.2. The number of nitrogens with zero attached hydrogens (tertiary/aromatic N) is 3. The fourth-order valence-electron chi connectivity index (χ4n) is 3.15. The number of carboxylic acid groups (broad SMARTS) is 1. The molecule has 142 valence electrons. The molecule has 0 unspecified atom stereocenters. The van der Waals surface area contributed by atoms with E-state index in [-0.39, 0.29) is 23.7 Å². The highest BCUT2D eigenvalue weighted by Crippen LogP contribution is 2.40. The van der Waals surface area contributed by atoms with E-state index in [0.717, 1.165) is 0 Å². The number of aromatic nitrogens is 1. The lowest BCUT2D eigenvalue weighted by Crippen LogP contribution is -2.33. The second-order valence-corrected chi connectivity index (χ2v) is 6.16. The Bertz CT molecular complexity index is 873. The van der Waals surface area contributed by atoms with Gasteiger partial charge < -0.3 is 10.0 Å². The van der Waals surface area contributed by atoms with Crippen molar-refractivity contribution in [1.29, 1.82) is 0 Å². The number of halogens is 3. The summed E-state index contributed by atoms with van der Waals surface area (Å²) in [4.78, 5) is 27.3. The molecule has 0 bridgehead atoms. The molecule has 0 radical (unpaired) electrons. The van der Waals surface area contributed by atoms with Crippen LogP contribution in [-0.4, -0.2) is 40.2 Å². The van der Waals surface area contributed by atoms with Gasteiger partial charge in [0.25, 0.3) is 5.69 Å². The number of anilines is 1. The van der Waals surface area contributed by atoms with Gasteiger partial charge in [0.15, 0.2) is 5.69 Å². The Morgan fingerprint density at radius 1 is 1.19 bits per heavy atom. The van der Waals surface area contributed by atoms with Crippen LogP contribution in [0.25, 0.3) is 11.3 Å². The molecule has 10 heteroatoms. The van der Waals surface area contributed by atoms with Crippen LogP contribution in [0.4, 0.5) is 24.7 Å². The summed E-state index contributed by atoms with van der Waals surface area (Å²) in [7, 11) is 0. The Morgan fingerprint density at radius 3 is 2.37 bits per heavy atom. The minimum absolute atomic E-state index is 0.0143. The highest BCUT2D eigenvalue weighted by molar-refractivity contribution is 5.74. The molecule has 3 rings (SSSR count). The lowest BCUT2D eigenvalue weighted by atomic mass is 9.96. The van der Waals surface area contributed by atoms with Crippen LogP contribution in [0.5, 0.6) is 0 Å². The number of carbonyl (C=O) groups is 1. The van der Waals surface area contributed by atoms with E-state index in [2.05, 4.69) is 4.98 Å². The number of aliphatic carboxylic acids is 1. The number of hydrogen-bond donors (Lipinski definition) is 1. The molecule has 7 nitrogen and oxygen atoms in total. The average molecular weight is 381 g/mol. The van der Waals surface area contributed by atoms with Crippen molar-refractivity contribution in [2.24, 2.45) is 11.8 Å². The maximum Gasteiger partial charge on any atom is 0.394 e. The van der Waals surface area contributed by atoms with Crippen molar-refractivity contribution in [3.63, 3.8) is 0 Å². The number of rotatable bonds is 4. The molecular weight excluding hydrogens is 367 g/mol. The van der Waals surface area contributed by atoms with Gasteiger partial charge in [-0.15, -0.1) is 0 Å². The van der Waals surface area contributed by atoms with Crippen LogP contribution in [0.3, 0.4) is 0 Å². The van der Waals surface area contributed by atoms with Crippen molar-refractivity contribution in [2.75, 3.05) is 18.0 Å². The molecule has 2 atom stereocenters. The molecule has 0 amide bonds. The van der Waals surface area contributed by atoms with Crippen LogP contribution < -0.4 is 4.90 Å². The fraction of sp³-hybridized carbons (Fsp3) is 0.294. The molecule has 0 aliphatic carbocycles. The molecule has 0 spiro atoms. The van der Waals surface area contributed by atoms with E-state index in [1.807, 2.05) is 0 Å². The fourth-order valence-corrected chi connectivity index (χ4v) is 3.15. The first-order chi connectivity index (χ1) is 12.7. The predicted octanol–water partition coefficient (Wildman–Crippen LogP) is 3.36. The third kappa shape index (κ3) is 3.69. The average Bonchev–Trinajstić information content (AvgIpc) is 3.08. The first-order valence-electron chi connectivity index (χ1n) is 7.94. The first-order valence-corrected chi connectivity index (χ1v) is 7.94. The molecule has 1 N–H and O–H groups in total. The number of nitro groups is 1. The minimum Gasteiger partial charge on any atom is -0.481 e. The zero-order chi connectivity index (χ0) is 19.8. The summed E-state index contributed by atoms with van der Waals surface area (Å²) in [5.74, 6) is -5.13. The Kier molecular flexibility index (Phi) is 4.73. The van der Waals surface area contributed by atoms with E-state index < -0.39 is 35.4 Å². The largest absolute Gasteiger partial charge is 0.481 e. The van der Waals surface area contributed by atoms with E-state index in [0.29, 0.717) is 5.56 Å².